The summed E-state index contributed by atoms with van der Waals surface area (Å²) >= 11 is 5.62. The number of nitro benzene ring substituents is 1. The highest BCUT2D eigenvalue weighted by atomic mass is 35.5. The van der Waals surface area contributed by atoms with Crippen LogP contribution in [0.25, 0.3) is 0 Å². The topological polar surface area (TPSA) is 98.5 Å². The van der Waals surface area contributed by atoms with Gasteiger partial charge in [-0.1, -0.05) is 11.6 Å². The lowest BCUT2D eigenvalue weighted by atomic mass is 10.2. The Morgan fingerprint density at radius 1 is 1.20 bits per heavy atom. The molecule has 0 bridgehead atoms. The number of hydrogen-bond acceptors (Lipinski definition) is 5. The van der Waals surface area contributed by atoms with E-state index >= 15 is 0 Å². The van der Waals surface area contributed by atoms with Crippen LogP contribution in [0, 0.1) is 21.7 Å². The van der Waals surface area contributed by atoms with Crippen LogP contribution in [0.1, 0.15) is 10.4 Å². The first-order chi connectivity index (χ1) is 11.8. The molecule has 0 aliphatic carbocycles. The van der Waals surface area contributed by atoms with E-state index in [0.29, 0.717) is 6.07 Å². The number of hydrogen-bond donors (Lipinski definition) is 1. The maximum atomic E-state index is 13.4. The smallest absolute Gasteiger partial charge is 0.338 e. The maximum absolute atomic E-state index is 13.4. The third kappa shape index (κ3) is 4.70. The molecule has 0 saturated heterocycles. The molecule has 2 aromatic carbocycles. The molecule has 0 aliphatic rings. The Morgan fingerprint density at radius 3 is 2.56 bits per heavy atom. The van der Waals surface area contributed by atoms with E-state index in [1.165, 1.54) is 6.07 Å². The van der Waals surface area contributed by atoms with E-state index in [1.807, 2.05) is 0 Å². The van der Waals surface area contributed by atoms with E-state index in [2.05, 4.69) is 10.1 Å². The monoisotopic (exact) mass is 370 g/mol. The van der Waals surface area contributed by atoms with E-state index in [0.717, 1.165) is 24.3 Å². The van der Waals surface area contributed by atoms with Crippen molar-refractivity contribution in [3.05, 3.63) is 68.7 Å². The number of nitro groups is 1. The van der Waals surface area contributed by atoms with E-state index in [4.69, 9.17) is 11.6 Å². The lowest BCUT2D eigenvalue weighted by Crippen LogP contribution is -2.21. The van der Waals surface area contributed by atoms with E-state index in [9.17, 15) is 28.5 Å². The zero-order valence-electron chi connectivity index (χ0n) is 12.3. The lowest BCUT2D eigenvalue weighted by Gasteiger charge is -2.07. The van der Waals surface area contributed by atoms with Gasteiger partial charge in [0, 0.05) is 12.1 Å². The van der Waals surface area contributed by atoms with Gasteiger partial charge in [0.2, 0.25) is 0 Å². The normalized spacial score (nSPS) is 10.2. The zero-order chi connectivity index (χ0) is 18.6. The first-order valence-corrected chi connectivity index (χ1v) is 7.01. The molecule has 2 aromatic rings. The van der Waals surface area contributed by atoms with Gasteiger partial charge in [0.25, 0.3) is 11.6 Å². The van der Waals surface area contributed by atoms with Gasteiger partial charge in [-0.2, -0.15) is 0 Å². The molecule has 0 atom stereocenters. The fourth-order valence-electron chi connectivity index (χ4n) is 1.77. The Hall–Kier alpha value is -3.07. The van der Waals surface area contributed by atoms with Crippen molar-refractivity contribution in [2.75, 3.05) is 11.9 Å². The van der Waals surface area contributed by atoms with Crippen LogP contribution >= 0.6 is 11.6 Å². The van der Waals surface area contributed by atoms with E-state index < -0.39 is 40.7 Å². The van der Waals surface area contributed by atoms with Crippen molar-refractivity contribution in [2.24, 2.45) is 0 Å². The van der Waals surface area contributed by atoms with Crippen molar-refractivity contribution >= 4 is 34.9 Å². The predicted molar refractivity (Wildman–Crippen MR) is 83.4 cm³/mol. The molecular weight excluding hydrogens is 362 g/mol. The molecule has 0 radical (unpaired) electrons. The number of carbonyl (C=O) groups excluding carboxylic acids is 2. The van der Waals surface area contributed by atoms with Crippen LogP contribution in [0.2, 0.25) is 5.02 Å². The minimum absolute atomic E-state index is 0.161. The number of anilines is 1. The molecule has 0 saturated carbocycles. The molecular formula is C15H9ClF2N2O5. The number of rotatable bonds is 5. The highest BCUT2D eigenvalue weighted by Gasteiger charge is 2.18. The summed E-state index contributed by atoms with van der Waals surface area (Å²) in [6, 6.07) is 5.76. The third-order valence-corrected chi connectivity index (χ3v) is 3.24. The average Bonchev–Trinajstić information content (AvgIpc) is 2.55. The molecule has 0 aromatic heterocycles. The molecule has 0 aliphatic heterocycles. The molecule has 25 heavy (non-hydrogen) atoms. The van der Waals surface area contributed by atoms with Crippen LogP contribution in [0.4, 0.5) is 20.2 Å². The van der Waals surface area contributed by atoms with Crippen molar-refractivity contribution in [1.29, 1.82) is 0 Å². The SMILES string of the molecule is O=C(COC(=O)c1ccc(Cl)c([N+](=O)[O-])c1)Nc1ccc(F)cc1F. The number of amides is 1. The summed E-state index contributed by atoms with van der Waals surface area (Å²) in [6.45, 7) is -0.772. The quantitative estimate of drug-likeness (QED) is 0.494. The highest BCUT2D eigenvalue weighted by molar-refractivity contribution is 6.32. The largest absolute Gasteiger partial charge is 0.452 e. The summed E-state index contributed by atoms with van der Waals surface area (Å²) in [6.07, 6.45) is 0. The molecule has 0 spiro atoms. The van der Waals surface area contributed by atoms with Gasteiger partial charge in [0.1, 0.15) is 16.7 Å². The molecule has 2 rings (SSSR count). The highest BCUT2D eigenvalue weighted by Crippen LogP contribution is 2.25. The predicted octanol–water partition coefficient (Wildman–Crippen LogP) is 3.32. The van der Waals surface area contributed by atoms with Crippen LogP contribution in [-0.2, 0) is 9.53 Å². The van der Waals surface area contributed by atoms with Gasteiger partial charge < -0.3 is 10.1 Å². The fourth-order valence-corrected chi connectivity index (χ4v) is 1.96. The molecule has 1 N–H and O–H groups in total. The first kappa shape index (κ1) is 18.3. The molecule has 0 fully saturated rings. The molecule has 0 unspecified atom stereocenters. The maximum Gasteiger partial charge on any atom is 0.338 e. The number of nitrogens with one attached hydrogen (secondary N) is 1. The summed E-state index contributed by atoms with van der Waals surface area (Å²) in [7, 11) is 0. The van der Waals surface area contributed by atoms with Crippen LogP contribution < -0.4 is 5.32 Å². The van der Waals surface area contributed by atoms with Crippen molar-refractivity contribution in [1.82, 2.24) is 0 Å². The zero-order valence-corrected chi connectivity index (χ0v) is 13.0. The Kier molecular flexibility index (Phi) is 5.60. The minimum atomic E-state index is -1.01. The van der Waals surface area contributed by atoms with Gasteiger partial charge in [-0.05, 0) is 24.3 Å². The van der Waals surface area contributed by atoms with Gasteiger partial charge in [-0.3, -0.25) is 14.9 Å². The van der Waals surface area contributed by atoms with Crippen LogP contribution in [-0.4, -0.2) is 23.4 Å². The van der Waals surface area contributed by atoms with Gasteiger partial charge in [-0.15, -0.1) is 0 Å². The summed E-state index contributed by atoms with van der Waals surface area (Å²) in [5.74, 6) is -3.68. The molecule has 10 heteroatoms. The molecule has 130 valence electrons. The van der Waals surface area contributed by atoms with Gasteiger partial charge in [-0.25, -0.2) is 13.6 Å². The van der Waals surface area contributed by atoms with E-state index in [1.54, 1.807) is 0 Å². The Bertz CT molecular complexity index is 860. The van der Waals surface area contributed by atoms with Crippen molar-refractivity contribution in [2.45, 2.75) is 0 Å². The summed E-state index contributed by atoms with van der Waals surface area (Å²) in [5.41, 5.74) is -0.963. The standard InChI is InChI=1S/C15H9ClF2N2O5/c16-10-3-1-8(5-13(10)20(23)24)15(22)25-7-14(21)19-12-4-2-9(17)6-11(12)18/h1-6H,7H2,(H,19,21). The fraction of sp³-hybridized carbons (Fsp3) is 0.0667. The second kappa shape index (κ2) is 7.67. The minimum Gasteiger partial charge on any atom is -0.452 e. The number of nitrogens with zero attached hydrogens (tertiary/aromatic N) is 1. The summed E-state index contributed by atoms with van der Waals surface area (Å²) < 4.78 is 30.8. The number of esters is 1. The number of carbonyl (C=O) groups is 2. The average molecular weight is 371 g/mol. The Labute approximate surface area is 144 Å². The van der Waals surface area contributed by atoms with Gasteiger partial charge in [0.15, 0.2) is 6.61 Å². The van der Waals surface area contributed by atoms with Crippen LogP contribution in [0.3, 0.4) is 0 Å². The van der Waals surface area contributed by atoms with Crippen molar-refractivity contribution < 1.29 is 28.0 Å². The summed E-state index contributed by atoms with van der Waals surface area (Å²) in [4.78, 5) is 33.4. The van der Waals surface area contributed by atoms with Crippen molar-refractivity contribution in [3.8, 4) is 0 Å². The van der Waals surface area contributed by atoms with Crippen LogP contribution in [0.15, 0.2) is 36.4 Å². The number of benzene rings is 2. The lowest BCUT2D eigenvalue weighted by molar-refractivity contribution is -0.384. The number of ether oxygens (including phenoxy) is 1. The first-order valence-electron chi connectivity index (χ1n) is 6.64. The summed E-state index contributed by atoms with van der Waals surface area (Å²) in [5, 5.41) is 12.7. The molecule has 1 amide bonds. The Balaban J connectivity index is 1.98. The number of halogens is 3. The molecule has 0 heterocycles. The van der Waals surface area contributed by atoms with Crippen molar-refractivity contribution in [3.63, 3.8) is 0 Å². The second-order valence-corrected chi connectivity index (χ2v) is 5.08. The van der Waals surface area contributed by atoms with E-state index in [-0.39, 0.29) is 16.3 Å². The van der Waals surface area contributed by atoms with Gasteiger partial charge >= 0.3 is 5.97 Å². The molecule has 7 nitrogen and oxygen atoms in total. The Morgan fingerprint density at radius 2 is 1.92 bits per heavy atom. The van der Waals surface area contributed by atoms with Crippen LogP contribution in [0.5, 0.6) is 0 Å². The van der Waals surface area contributed by atoms with Gasteiger partial charge in [0.05, 0.1) is 16.2 Å². The third-order valence-electron chi connectivity index (χ3n) is 2.92. The second-order valence-electron chi connectivity index (χ2n) is 4.67.